The summed E-state index contributed by atoms with van der Waals surface area (Å²) in [5.74, 6) is 0. The minimum atomic E-state index is -3.71. The van der Waals surface area contributed by atoms with Crippen molar-refractivity contribution < 1.29 is 13.2 Å². The van der Waals surface area contributed by atoms with Crippen LogP contribution in [0.5, 0.6) is 0 Å². The second-order valence-electron chi connectivity index (χ2n) is 4.83. The van der Waals surface area contributed by atoms with Gasteiger partial charge in [-0.05, 0) is 29.3 Å². The van der Waals surface area contributed by atoms with Crippen molar-refractivity contribution >= 4 is 21.6 Å². The fraction of sp³-hybridized carbons (Fsp3) is 0.188. The van der Waals surface area contributed by atoms with E-state index in [2.05, 4.69) is 4.72 Å². The Morgan fingerprint density at radius 3 is 2.61 bits per heavy atom. The van der Waals surface area contributed by atoms with E-state index in [-0.39, 0.29) is 22.0 Å². The van der Waals surface area contributed by atoms with Gasteiger partial charge in [0, 0.05) is 13.7 Å². The van der Waals surface area contributed by atoms with Crippen LogP contribution < -0.4 is 4.72 Å². The monoisotopic (exact) mass is 350 g/mol. The highest BCUT2D eigenvalue weighted by Gasteiger charge is 2.15. The van der Waals surface area contributed by atoms with E-state index in [4.69, 9.17) is 21.6 Å². The van der Waals surface area contributed by atoms with E-state index in [1.807, 2.05) is 30.3 Å². The predicted molar refractivity (Wildman–Crippen MR) is 87.3 cm³/mol. The summed E-state index contributed by atoms with van der Waals surface area (Å²) < 4.78 is 32.1. The number of halogens is 1. The van der Waals surface area contributed by atoms with Gasteiger partial charge in [-0.25, -0.2) is 13.1 Å². The van der Waals surface area contributed by atoms with Crippen molar-refractivity contribution in [2.75, 3.05) is 7.11 Å². The molecule has 0 radical (unpaired) electrons. The Bertz CT molecular complexity index is 845. The van der Waals surface area contributed by atoms with Gasteiger partial charge in [0.25, 0.3) is 0 Å². The zero-order chi connectivity index (χ0) is 16.9. The van der Waals surface area contributed by atoms with Crippen molar-refractivity contribution in [2.24, 2.45) is 0 Å². The summed E-state index contributed by atoms with van der Waals surface area (Å²) in [4.78, 5) is 0.0227. The summed E-state index contributed by atoms with van der Waals surface area (Å²) in [6, 6.07) is 13.3. The third kappa shape index (κ3) is 4.53. The van der Waals surface area contributed by atoms with Crippen LogP contribution in [0.3, 0.4) is 0 Å². The highest BCUT2D eigenvalue weighted by molar-refractivity contribution is 7.89. The average Bonchev–Trinajstić information content (AvgIpc) is 2.54. The van der Waals surface area contributed by atoms with Crippen LogP contribution in [0.25, 0.3) is 0 Å². The number of hydrogen-bond donors (Lipinski definition) is 1. The fourth-order valence-corrected chi connectivity index (χ4v) is 3.34. The van der Waals surface area contributed by atoms with Crippen molar-refractivity contribution in [1.82, 2.24) is 4.72 Å². The van der Waals surface area contributed by atoms with Crippen LogP contribution in [0.15, 0.2) is 47.4 Å². The first-order valence-electron chi connectivity index (χ1n) is 6.72. The molecular weight excluding hydrogens is 336 g/mol. The Balaban J connectivity index is 2.14. The molecule has 1 N–H and O–H groups in total. The van der Waals surface area contributed by atoms with Crippen LogP contribution in [0, 0.1) is 11.3 Å². The fourth-order valence-electron chi connectivity index (χ4n) is 2.01. The molecule has 0 aliphatic rings. The minimum Gasteiger partial charge on any atom is -0.380 e. The average molecular weight is 351 g/mol. The summed E-state index contributed by atoms with van der Waals surface area (Å²) in [5, 5.41) is 8.93. The molecule has 0 unspecified atom stereocenters. The molecule has 0 spiro atoms. The first kappa shape index (κ1) is 17.4. The van der Waals surface area contributed by atoms with E-state index in [9.17, 15) is 8.42 Å². The highest BCUT2D eigenvalue weighted by Crippen LogP contribution is 2.20. The molecular formula is C16H15ClN2O3S. The van der Waals surface area contributed by atoms with Gasteiger partial charge in [-0.3, -0.25) is 0 Å². The van der Waals surface area contributed by atoms with Crippen LogP contribution in [-0.4, -0.2) is 15.5 Å². The lowest BCUT2D eigenvalue weighted by Gasteiger charge is -2.09. The molecule has 2 aromatic carbocycles. The smallest absolute Gasteiger partial charge is 0.240 e. The summed E-state index contributed by atoms with van der Waals surface area (Å²) >= 11 is 5.88. The van der Waals surface area contributed by atoms with E-state index in [1.54, 1.807) is 7.11 Å². The van der Waals surface area contributed by atoms with Gasteiger partial charge in [0.1, 0.15) is 6.07 Å². The molecule has 5 nitrogen and oxygen atoms in total. The number of nitrogens with zero attached hydrogens (tertiary/aromatic N) is 1. The van der Waals surface area contributed by atoms with Gasteiger partial charge in [-0.2, -0.15) is 5.26 Å². The molecule has 2 rings (SSSR count). The normalized spacial score (nSPS) is 11.2. The maximum absolute atomic E-state index is 12.3. The van der Waals surface area contributed by atoms with Gasteiger partial charge in [0.05, 0.1) is 22.1 Å². The number of nitrogens with one attached hydrogen (secondary N) is 1. The SMILES string of the molecule is COCc1cccc(CNS(=O)(=O)c2ccc(C#N)c(Cl)c2)c1. The Morgan fingerprint density at radius 2 is 1.96 bits per heavy atom. The molecule has 23 heavy (non-hydrogen) atoms. The van der Waals surface area contributed by atoms with Gasteiger partial charge in [0.2, 0.25) is 10.0 Å². The number of methoxy groups -OCH3 is 1. The summed E-state index contributed by atoms with van der Waals surface area (Å²) in [6.07, 6.45) is 0. The summed E-state index contributed by atoms with van der Waals surface area (Å²) in [6.45, 7) is 0.614. The molecule has 0 aliphatic carbocycles. The van der Waals surface area contributed by atoms with Gasteiger partial charge >= 0.3 is 0 Å². The molecule has 0 saturated carbocycles. The Kier molecular flexibility index (Phi) is 5.74. The molecule has 0 saturated heterocycles. The lowest BCUT2D eigenvalue weighted by atomic mass is 10.1. The molecule has 0 fully saturated rings. The number of hydrogen-bond acceptors (Lipinski definition) is 4. The van der Waals surface area contributed by atoms with Crippen molar-refractivity contribution in [1.29, 1.82) is 5.26 Å². The Hall–Kier alpha value is -1.91. The van der Waals surface area contributed by atoms with E-state index < -0.39 is 10.0 Å². The minimum absolute atomic E-state index is 0.0227. The standard InChI is InChI=1S/C16H15ClN2O3S/c1-22-11-13-4-2-3-12(7-13)10-19-23(20,21)15-6-5-14(9-18)16(17)8-15/h2-8,19H,10-11H2,1H3. The van der Waals surface area contributed by atoms with Crippen LogP contribution in [0.1, 0.15) is 16.7 Å². The molecule has 0 aromatic heterocycles. The number of benzene rings is 2. The third-order valence-electron chi connectivity index (χ3n) is 3.14. The maximum atomic E-state index is 12.3. The molecule has 0 atom stereocenters. The topological polar surface area (TPSA) is 79.2 Å². The van der Waals surface area contributed by atoms with Crippen molar-refractivity contribution in [3.05, 3.63) is 64.2 Å². The number of sulfonamides is 1. The lowest BCUT2D eigenvalue weighted by molar-refractivity contribution is 0.185. The third-order valence-corrected chi connectivity index (χ3v) is 4.85. The maximum Gasteiger partial charge on any atom is 0.240 e. The zero-order valence-electron chi connectivity index (χ0n) is 12.4. The lowest BCUT2D eigenvalue weighted by Crippen LogP contribution is -2.23. The van der Waals surface area contributed by atoms with Gasteiger partial charge < -0.3 is 4.74 Å². The van der Waals surface area contributed by atoms with Crippen molar-refractivity contribution in [3.8, 4) is 6.07 Å². The van der Waals surface area contributed by atoms with Gasteiger partial charge in [-0.15, -0.1) is 0 Å². The summed E-state index contributed by atoms with van der Waals surface area (Å²) in [7, 11) is -2.10. The second kappa shape index (κ2) is 7.57. The first-order valence-corrected chi connectivity index (χ1v) is 8.58. The predicted octanol–water partition coefficient (Wildman–Crippen LogP) is 2.84. The van der Waals surface area contributed by atoms with Gasteiger partial charge in [-0.1, -0.05) is 35.9 Å². The molecule has 7 heteroatoms. The quantitative estimate of drug-likeness (QED) is 0.868. The molecule has 2 aromatic rings. The Labute approximate surface area is 140 Å². The van der Waals surface area contributed by atoms with Crippen molar-refractivity contribution in [3.63, 3.8) is 0 Å². The second-order valence-corrected chi connectivity index (χ2v) is 7.01. The molecule has 0 amide bonds. The largest absolute Gasteiger partial charge is 0.380 e. The van der Waals surface area contributed by atoms with E-state index in [0.29, 0.717) is 6.61 Å². The Morgan fingerprint density at radius 1 is 1.22 bits per heavy atom. The van der Waals surface area contributed by atoms with Crippen LogP contribution in [0.4, 0.5) is 0 Å². The van der Waals surface area contributed by atoms with E-state index in [0.717, 1.165) is 11.1 Å². The molecule has 120 valence electrons. The number of nitriles is 1. The van der Waals surface area contributed by atoms with Crippen LogP contribution >= 0.6 is 11.6 Å². The van der Waals surface area contributed by atoms with Gasteiger partial charge in [0.15, 0.2) is 0 Å². The van der Waals surface area contributed by atoms with Crippen molar-refractivity contribution in [2.45, 2.75) is 18.0 Å². The van der Waals surface area contributed by atoms with Crippen LogP contribution in [0.2, 0.25) is 5.02 Å². The molecule has 0 bridgehead atoms. The zero-order valence-corrected chi connectivity index (χ0v) is 14.0. The van der Waals surface area contributed by atoms with Crippen LogP contribution in [-0.2, 0) is 27.9 Å². The molecule has 0 heterocycles. The number of rotatable bonds is 6. The summed E-state index contributed by atoms with van der Waals surface area (Å²) in [5.41, 5.74) is 2.02. The number of ether oxygens (including phenoxy) is 1. The van der Waals surface area contributed by atoms with E-state index in [1.165, 1.54) is 18.2 Å². The molecule has 0 aliphatic heterocycles. The highest BCUT2D eigenvalue weighted by atomic mass is 35.5. The van der Waals surface area contributed by atoms with E-state index >= 15 is 0 Å². The first-order chi connectivity index (χ1) is 11.0.